The first-order valence-corrected chi connectivity index (χ1v) is 7.38. The van der Waals surface area contributed by atoms with Crippen molar-refractivity contribution in [2.45, 2.75) is 57.7 Å². The lowest BCUT2D eigenvalue weighted by Gasteiger charge is -2.37. The highest BCUT2D eigenvalue weighted by atomic mass is 19.1. The number of carbonyl (C=O) groups excluding carboxylic acids is 1. The molecule has 2 aliphatic heterocycles. The van der Waals surface area contributed by atoms with Gasteiger partial charge >= 0.3 is 6.09 Å². The topological polar surface area (TPSA) is 46.8 Å². The molecule has 0 N–H and O–H groups in total. The van der Waals surface area contributed by atoms with Crippen LogP contribution in [-0.2, 0) is 11.2 Å². The molecule has 5 nitrogen and oxygen atoms in total. The molecule has 0 aromatic carbocycles. The maximum Gasteiger partial charge on any atom is 0.411 e. The number of carbonyl (C=O) groups is 1. The fraction of sp³-hybridized carbons (Fsp3) is 0.562. The van der Waals surface area contributed by atoms with Gasteiger partial charge in [-0.3, -0.25) is 4.90 Å². The first kappa shape index (κ1) is 14.8. The van der Waals surface area contributed by atoms with Crippen molar-refractivity contribution in [1.29, 1.82) is 0 Å². The molecule has 2 aliphatic rings. The minimum atomic E-state index is -0.580. The Bertz CT molecular complexity index is 675. The summed E-state index contributed by atoms with van der Waals surface area (Å²) in [6.45, 7) is 12.7. The lowest BCUT2D eigenvalue weighted by Crippen LogP contribution is -2.44. The fourth-order valence-corrected chi connectivity index (χ4v) is 3.38. The number of hydrogen-bond acceptors (Lipinski definition) is 3. The second kappa shape index (κ2) is 4.94. The largest absolute Gasteiger partial charge is 0.444 e. The molecule has 116 valence electrons. The number of pyridine rings is 1. The van der Waals surface area contributed by atoms with Gasteiger partial charge in [0.2, 0.25) is 11.6 Å². The smallest absolute Gasteiger partial charge is 0.411 e. The van der Waals surface area contributed by atoms with E-state index in [0.717, 1.165) is 12.8 Å². The van der Waals surface area contributed by atoms with Crippen molar-refractivity contribution in [3.05, 3.63) is 34.7 Å². The van der Waals surface area contributed by atoms with Crippen LogP contribution in [0.2, 0.25) is 0 Å². The number of fused-ring (bicyclic) bond motifs is 4. The Balaban J connectivity index is 2.02. The second-order valence-corrected chi connectivity index (χ2v) is 6.78. The summed E-state index contributed by atoms with van der Waals surface area (Å²) in [5, 5.41) is 0. The van der Waals surface area contributed by atoms with Gasteiger partial charge in [0.15, 0.2) is 0 Å². The maximum atomic E-state index is 14.0. The van der Waals surface area contributed by atoms with Gasteiger partial charge in [0.25, 0.3) is 0 Å². The number of rotatable bonds is 0. The van der Waals surface area contributed by atoms with Crippen LogP contribution >= 0.6 is 0 Å². The van der Waals surface area contributed by atoms with E-state index in [1.807, 2.05) is 20.8 Å². The molecular formula is C16H18FN3O2. The summed E-state index contributed by atoms with van der Waals surface area (Å²) in [4.78, 5) is 21.3. The van der Waals surface area contributed by atoms with Crippen molar-refractivity contribution in [2.75, 3.05) is 0 Å². The Morgan fingerprint density at radius 1 is 1.50 bits per heavy atom. The van der Waals surface area contributed by atoms with Crippen molar-refractivity contribution in [2.24, 2.45) is 0 Å². The van der Waals surface area contributed by atoms with Gasteiger partial charge in [-0.05, 0) is 45.6 Å². The zero-order valence-electron chi connectivity index (χ0n) is 12.9. The molecule has 0 aliphatic carbocycles. The molecule has 2 bridgehead atoms. The van der Waals surface area contributed by atoms with Gasteiger partial charge in [0.05, 0.1) is 12.6 Å². The Labute approximate surface area is 128 Å². The summed E-state index contributed by atoms with van der Waals surface area (Å²) < 4.78 is 19.5. The monoisotopic (exact) mass is 303 g/mol. The number of ether oxygens (including phenoxy) is 1. The molecular weight excluding hydrogens is 285 g/mol. The number of hydrogen-bond donors (Lipinski definition) is 0. The third-order valence-electron chi connectivity index (χ3n) is 4.15. The quantitative estimate of drug-likeness (QED) is 0.541. The van der Waals surface area contributed by atoms with Gasteiger partial charge in [-0.2, -0.15) is 4.39 Å². The van der Waals surface area contributed by atoms with Crippen molar-refractivity contribution >= 4 is 11.8 Å². The van der Waals surface area contributed by atoms with Crippen LogP contribution in [0.25, 0.3) is 4.85 Å². The molecule has 22 heavy (non-hydrogen) atoms. The summed E-state index contributed by atoms with van der Waals surface area (Å²) in [5.74, 6) is -0.525. The zero-order valence-corrected chi connectivity index (χ0v) is 12.9. The minimum Gasteiger partial charge on any atom is -0.444 e. The lowest BCUT2D eigenvalue weighted by atomic mass is 9.93. The van der Waals surface area contributed by atoms with Crippen molar-refractivity contribution < 1.29 is 13.9 Å². The zero-order chi connectivity index (χ0) is 16.1. The van der Waals surface area contributed by atoms with Crippen molar-refractivity contribution in [3.63, 3.8) is 0 Å². The van der Waals surface area contributed by atoms with E-state index in [1.54, 1.807) is 4.90 Å². The Morgan fingerprint density at radius 2 is 2.23 bits per heavy atom. The molecule has 3 rings (SSSR count). The molecule has 0 unspecified atom stereocenters. The molecule has 0 saturated carbocycles. The molecule has 6 heteroatoms. The highest BCUT2D eigenvalue weighted by Gasteiger charge is 2.46. The molecule has 1 aromatic rings. The second-order valence-electron chi connectivity index (χ2n) is 6.78. The third kappa shape index (κ3) is 2.31. The average Bonchev–Trinajstić information content (AvgIpc) is 2.73. The maximum absolute atomic E-state index is 14.0. The summed E-state index contributed by atoms with van der Waals surface area (Å²) in [6.07, 6.45) is 2.78. The fourth-order valence-electron chi connectivity index (χ4n) is 3.38. The summed E-state index contributed by atoms with van der Waals surface area (Å²) in [5.41, 5.74) is 0.848. The average molecular weight is 303 g/mol. The van der Waals surface area contributed by atoms with Crippen LogP contribution in [0.15, 0.2) is 6.20 Å². The number of aromatic nitrogens is 1. The normalized spacial score (nSPS) is 23.0. The molecule has 0 spiro atoms. The van der Waals surface area contributed by atoms with E-state index in [-0.39, 0.29) is 18.2 Å². The van der Waals surface area contributed by atoms with Gasteiger partial charge in [-0.25, -0.2) is 14.6 Å². The van der Waals surface area contributed by atoms with E-state index in [9.17, 15) is 9.18 Å². The van der Waals surface area contributed by atoms with Crippen LogP contribution in [0.4, 0.5) is 14.9 Å². The molecule has 1 amide bonds. The van der Waals surface area contributed by atoms with Gasteiger partial charge < -0.3 is 4.74 Å². The van der Waals surface area contributed by atoms with Crippen LogP contribution in [0.5, 0.6) is 0 Å². The van der Waals surface area contributed by atoms with Crippen LogP contribution < -0.4 is 0 Å². The van der Waals surface area contributed by atoms with Gasteiger partial charge in [-0.1, -0.05) is 0 Å². The predicted molar refractivity (Wildman–Crippen MR) is 78.0 cm³/mol. The third-order valence-corrected chi connectivity index (χ3v) is 4.15. The van der Waals surface area contributed by atoms with E-state index < -0.39 is 11.5 Å². The van der Waals surface area contributed by atoms with Gasteiger partial charge in [-0.15, -0.1) is 0 Å². The van der Waals surface area contributed by atoms with Gasteiger partial charge in [0, 0.05) is 17.8 Å². The van der Waals surface area contributed by atoms with Crippen LogP contribution in [0.1, 0.15) is 50.8 Å². The highest BCUT2D eigenvalue weighted by molar-refractivity contribution is 5.72. The van der Waals surface area contributed by atoms with E-state index in [0.29, 0.717) is 23.2 Å². The number of nitrogens with zero attached hydrogens (tertiary/aromatic N) is 3. The Hall–Kier alpha value is -2.16. The van der Waals surface area contributed by atoms with Crippen molar-refractivity contribution in [1.82, 2.24) is 9.88 Å². The molecule has 0 radical (unpaired) electrons. The summed E-state index contributed by atoms with van der Waals surface area (Å²) in [7, 11) is 0. The van der Waals surface area contributed by atoms with Crippen LogP contribution in [0.3, 0.4) is 0 Å². The predicted octanol–water partition coefficient (Wildman–Crippen LogP) is 3.77. The molecule has 1 saturated heterocycles. The Morgan fingerprint density at radius 3 is 2.86 bits per heavy atom. The first-order valence-electron chi connectivity index (χ1n) is 7.38. The van der Waals surface area contributed by atoms with Gasteiger partial charge in [0.1, 0.15) is 5.60 Å². The van der Waals surface area contributed by atoms with E-state index in [4.69, 9.17) is 11.3 Å². The minimum absolute atomic E-state index is 0.0790. The van der Waals surface area contributed by atoms with E-state index in [2.05, 4.69) is 9.83 Å². The summed E-state index contributed by atoms with van der Waals surface area (Å²) >= 11 is 0. The summed E-state index contributed by atoms with van der Waals surface area (Å²) in [6, 6.07) is -0.366. The standard InChI is InChI=1S/C16H18FN3O2/c1-16(2,3)22-15(21)20-9-5-6-12(20)13-10(7-9)14(17)19-8-11(13)18-4/h8-9,12H,5-7H2,1-3H3/t9-,12+/m0/s1. The lowest BCUT2D eigenvalue weighted by molar-refractivity contribution is 0.0123. The van der Waals surface area contributed by atoms with E-state index in [1.165, 1.54) is 6.20 Å². The van der Waals surface area contributed by atoms with Crippen LogP contribution in [0, 0.1) is 12.5 Å². The molecule has 2 atom stereocenters. The van der Waals surface area contributed by atoms with Crippen LogP contribution in [-0.4, -0.2) is 27.6 Å². The number of amides is 1. The highest BCUT2D eigenvalue weighted by Crippen LogP contribution is 2.48. The SMILES string of the molecule is [C-]#[N+]c1cnc(F)c2c1[C@H]1CC[C@@H](C2)N1C(=O)OC(C)(C)C. The molecule has 1 aromatic heterocycles. The van der Waals surface area contributed by atoms with Crippen molar-refractivity contribution in [3.8, 4) is 0 Å². The number of halogens is 1. The molecule has 3 heterocycles. The first-order chi connectivity index (χ1) is 10.3. The van der Waals surface area contributed by atoms with E-state index >= 15 is 0 Å². The Kier molecular flexibility index (Phi) is 3.32. The molecule has 1 fully saturated rings.